The number of hydrogen-bond donors (Lipinski definition) is 1. The predicted molar refractivity (Wildman–Crippen MR) is 37.2 cm³/mol. The van der Waals surface area contributed by atoms with Gasteiger partial charge in [-0.05, 0) is 6.07 Å². The standard InChI is InChI=1S/C7H6N2O2/c1-11-7-6(10)5(4-8)2-3-9-7/h2-3,10H,1H3. The van der Waals surface area contributed by atoms with Crippen molar-refractivity contribution in [2.24, 2.45) is 0 Å². The Balaban J connectivity index is 3.23. The van der Waals surface area contributed by atoms with Crippen LogP contribution in [0.2, 0.25) is 0 Å². The molecule has 1 aromatic heterocycles. The third-order valence-electron chi connectivity index (χ3n) is 1.20. The molecule has 56 valence electrons. The Morgan fingerprint density at radius 3 is 3.00 bits per heavy atom. The van der Waals surface area contributed by atoms with E-state index >= 15 is 0 Å². The normalized spacial score (nSPS) is 8.73. The molecule has 1 aromatic rings. The molecule has 1 rings (SSSR count). The summed E-state index contributed by atoms with van der Waals surface area (Å²) in [7, 11) is 1.38. The molecule has 0 bridgehead atoms. The first-order chi connectivity index (χ1) is 5.29. The van der Waals surface area contributed by atoms with E-state index in [2.05, 4.69) is 9.72 Å². The van der Waals surface area contributed by atoms with E-state index < -0.39 is 0 Å². The van der Waals surface area contributed by atoms with Crippen molar-refractivity contribution in [3.05, 3.63) is 17.8 Å². The average Bonchev–Trinajstić information content (AvgIpc) is 2.05. The van der Waals surface area contributed by atoms with Crippen molar-refractivity contribution < 1.29 is 9.84 Å². The zero-order valence-corrected chi connectivity index (χ0v) is 5.90. The maximum Gasteiger partial charge on any atom is 0.257 e. The zero-order valence-electron chi connectivity index (χ0n) is 5.90. The van der Waals surface area contributed by atoms with Gasteiger partial charge in [0.25, 0.3) is 5.88 Å². The Bertz CT molecular complexity index is 304. The highest BCUT2D eigenvalue weighted by Crippen LogP contribution is 2.25. The van der Waals surface area contributed by atoms with Gasteiger partial charge in [0.1, 0.15) is 11.6 Å². The smallest absolute Gasteiger partial charge is 0.257 e. The topological polar surface area (TPSA) is 66.1 Å². The summed E-state index contributed by atoms with van der Waals surface area (Å²) in [5, 5.41) is 17.6. The van der Waals surface area contributed by atoms with Gasteiger partial charge in [0.05, 0.1) is 7.11 Å². The predicted octanol–water partition coefficient (Wildman–Crippen LogP) is 0.667. The molecule has 1 heterocycles. The van der Waals surface area contributed by atoms with E-state index in [0.717, 1.165) is 0 Å². The highest BCUT2D eigenvalue weighted by atomic mass is 16.5. The first-order valence-electron chi connectivity index (χ1n) is 2.91. The highest BCUT2D eigenvalue weighted by Gasteiger charge is 2.06. The molecule has 4 nitrogen and oxygen atoms in total. The number of pyridine rings is 1. The Hall–Kier alpha value is -1.76. The van der Waals surface area contributed by atoms with Gasteiger partial charge < -0.3 is 9.84 Å². The molecule has 0 fully saturated rings. The molecule has 0 aliphatic rings. The molecule has 0 saturated heterocycles. The fraction of sp³-hybridized carbons (Fsp3) is 0.143. The SMILES string of the molecule is COc1nccc(C#N)c1O. The van der Waals surface area contributed by atoms with E-state index in [4.69, 9.17) is 5.26 Å². The second-order valence-electron chi connectivity index (χ2n) is 1.83. The fourth-order valence-corrected chi connectivity index (χ4v) is 0.674. The Labute approximate surface area is 63.7 Å². The summed E-state index contributed by atoms with van der Waals surface area (Å²) >= 11 is 0. The summed E-state index contributed by atoms with van der Waals surface area (Å²) < 4.78 is 4.68. The molecule has 0 radical (unpaired) electrons. The summed E-state index contributed by atoms with van der Waals surface area (Å²) in [5.74, 6) is -0.137. The summed E-state index contributed by atoms with van der Waals surface area (Å²) in [6, 6.07) is 3.21. The monoisotopic (exact) mass is 150 g/mol. The molecule has 0 unspecified atom stereocenters. The van der Waals surface area contributed by atoms with Crippen molar-refractivity contribution in [3.63, 3.8) is 0 Å². The van der Waals surface area contributed by atoms with Crippen LogP contribution in [-0.2, 0) is 0 Å². The molecule has 0 atom stereocenters. The Kier molecular flexibility index (Phi) is 1.93. The molecule has 1 N–H and O–H groups in total. The molecule has 11 heavy (non-hydrogen) atoms. The quantitative estimate of drug-likeness (QED) is 0.638. The lowest BCUT2D eigenvalue weighted by atomic mass is 10.3. The molecule has 0 spiro atoms. The first-order valence-corrected chi connectivity index (χ1v) is 2.91. The van der Waals surface area contributed by atoms with Crippen molar-refractivity contribution in [3.8, 4) is 17.7 Å². The largest absolute Gasteiger partial charge is 0.502 e. The summed E-state index contributed by atoms with van der Waals surface area (Å²) in [5.41, 5.74) is 0.164. The van der Waals surface area contributed by atoms with Crippen LogP contribution in [-0.4, -0.2) is 17.2 Å². The molecule has 4 heteroatoms. The van der Waals surface area contributed by atoms with Gasteiger partial charge in [0.2, 0.25) is 0 Å². The van der Waals surface area contributed by atoms with Crippen LogP contribution < -0.4 is 4.74 Å². The number of ether oxygens (including phenoxy) is 1. The van der Waals surface area contributed by atoms with E-state index in [1.807, 2.05) is 0 Å². The molecule has 0 saturated carbocycles. The lowest BCUT2D eigenvalue weighted by molar-refractivity contribution is 0.358. The van der Waals surface area contributed by atoms with Crippen LogP contribution in [0.1, 0.15) is 5.56 Å². The Morgan fingerprint density at radius 1 is 1.73 bits per heavy atom. The molecular weight excluding hydrogens is 144 g/mol. The van der Waals surface area contributed by atoms with Crippen LogP contribution in [0.5, 0.6) is 11.6 Å². The van der Waals surface area contributed by atoms with E-state index in [0.29, 0.717) is 0 Å². The second-order valence-corrected chi connectivity index (χ2v) is 1.83. The van der Waals surface area contributed by atoms with Crippen LogP contribution in [0.25, 0.3) is 0 Å². The number of aromatic nitrogens is 1. The minimum atomic E-state index is -0.211. The summed E-state index contributed by atoms with van der Waals surface area (Å²) in [6.45, 7) is 0. The van der Waals surface area contributed by atoms with Crippen LogP contribution in [0.4, 0.5) is 0 Å². The van der Waals surface area contributed by atoms with Crippen LogP contribution in [0.15, 0.2) is 12.3 Å². The van der Waals surface area contributed by atoms with Crippen molar-refractivity contribution in [2.75, 3.05) is 7.11 Å². The van der Waals surface area contributed by atoms with Gasteiger partial charge in [-0.3, -0.25) is 0 Å². The molecule has 0 aromatic carbocycles. The lowest BCUT2D eigenvalue weighted by Gasteiger charge is -2.00. The van der Waals surface area contributed by atoms with Crippen molar-refractivity contribution in [1.82, 2.24) is 4.98 Å². The molecular formula is C7H6N2O2. The maximum atomic E-state index is 9.18. The third-order valence-corrected chi connectivity index (χ3v) is 1.20. The molecule has 0 aliphatic heterocycles. The van der Waals surface area contributed by atoms with Gasteiger partial charge in [-0.15, -0.1) is 0 Å². The lowest BCUT2D eigenvalue weighted by Crippen LogP contribution is -1.88. The zero-order chi connectivity index (χ0) is 8.27. The second kappa shape index (κ2) is 2.88. The van der Waals surface area contributed by atoms with Gasteiger partial charge in [-0.1, -0.05) is 0 Å². The number of hydrogen-bond acceptors (Lipinski definition) is 4. The van der Waals surface area contributed by atoms with E-state index in [9.17, 15) is 5.11 Å². The van der Waals surface area contributed by atoms with Crippen LogP contribution in [0, 0.1) is 11.3 Å². The number of methoxy groups -OCH3 is 1. The number of rotatable bonds is 1. The minimum absolute atomic E-state index is 0.0732. The fourth-order valence-electron chi connectivity index (χ4n) is 0.674. The molecule has 0 amide bonds. The average molecular weight is 150 g/mol. The van der Waals surface area contributed by atoms with Crippen molar-refractivity contribution in [1.29, 1.82) is 5.26 Å². The van der Waals surface area contributed by atoms with Gasteiger partial charge in [0, 0.05) is 6.20 Å². The summed E-state index contributed by atoms with van der Waals surface area (Å²) in [6.07, 6.45) is 1.40. The van der Waals surface area contributed by atoms with Gasteiger partial charge in [0.15, 0.2) is 5.75 Å². The minimum Gasteiger partial charge on any atom is -0.502 e. The number of nitrogens with zero attached hydrogens (tertiary/aromatic N) is 2. The number of aromatic hydroxyl groups is 1. The van der Waals surface area contributed by atoms with E-state index in [1.165, 1.54) is 19.4 Å². The molecule has 0 aliphatic carbocycles. The third kappa shape index (κ3) is 1.22. The van der Waals surface area contributed by atoms with E-state index in [1.54, 1.807) is 6.07 Å². The van der Waals surface area contributed by atoms with Crippen LogP contribution >= 0.6 is 0 Å². The van der Waals surface area contributed by atoms with Gasteiger partial charge >= 0.3 is 0 Å². The summed E-state index contributed by atoms with van der Waals surface area (Å²) in [4.78, 5) is 3.68. The number of nitriles is 1. The van der Waals surface area contributed by atoms with E-state index in [-0.39, 0.29) is 17.2 Å². The van der Waals surface area contributed by atoms with Crippen LogP contribution in [0.3, 0.4) is 0 Å². The van der Waals surface area contributed by atoms with Crippen molar-refractivity contribution in [2.45, 2.75) is 0 Å². The maximum absolute atomic E-state index is 9.18. The van der Waals surface area contributed by atoms with Gasteiger partial charge in [-0.2, -0.15) is 5.26 Å². The van der Waals surface area contributed by atoms with Crippen molar-refractivity contribution >= 4 is 0 Å². The first kappa shape index (κ1) is 7.35. The highest BCUT2D eigenvalue weighted by molar-refractivity contribution is 5.46. The Morgan fingerprint density at radius 2 is 2.45 bits per heavy atom. The van der Waals surface area contributed by atoms with Gasteiger partial charge in [-0.25, -0.2) is 4.98 Å².